The summed E-state index contributed by atoms with van der Waals surface area (Å²) in [5.41, 5.74) is 0. The Labute approximate surface area is 81.8 Å². The standard InChI is InChI=1S/C6H16N2O6/c1-5(2)11-7(9)13-14-8(10)12-6(3)4/h5-8H,1-4H3. The van der Waals surface area contributed by atoms with E-state index in [1.54, 1.807) is 27.7 Å². The van der Waals surface area contributed by atoms with Gasteiger partial charge in [0.25, 0.3) is 0 Å². The molecule has 0 saturated heterocycles. The Morgan fingerprint density at radius 1 is 0.786 bits per heavy atom. The minimum Gasteiger partial charge on any atom is -0.563 e. The molecule has 0 amide bonds. The molecule has 0 radical (unpaired) electrons. The zero-order valence-electron chi connectivity index (χ0n) is 8.60. The summed E-state index contributed by atoms with van der Waals surface area (Å²) < 4.78 is 0. The molecule has 0 aliphatic carbocycles. The average molecular weight is 212 g/mol. The Balaban J connectivity index is 3.50. The van der Waals surface area contributed by atoms with E-state index in [0.29, 0.717) is 0 Å². The molecule has 0 spiro atoms. The molecular formula is C6H16N2O6. The Morgan fingerprint density at radius 2 is 1.07 bits per heavy atom. The zero-order chi connectivity index (χ0) is 11.1. The van der Waals surface area contributed by atoms with Gasteiger partial charge in [0.2, 0.25) is 0 Å². The number of rotatable bonds is 7. The van der Waals surface area contributed by atoms with E-state index < -0.39 is 10.8 Å². The maximum Gasteiger partial charge on any atom is 0.116 e. The van der Waals surface area contributed by atoms with Crippen molar-refractivity contribution in [1.29, 1.82) is 0 Å². The van der Waals surface area contributed by atoms with Crippen LogP contribution in [-0.4, -0.2) is 12.2 Å². The van der Waals surface area contributed by atoms with Crippen LogP contribution < -0.4 is 10.8 Å². The van der Waals surface area contributed by atoms with Gasteiger partial charge in [0.05, 0.1) is 9.98 Å². The second-order valence-corrected chi connectivity index (χ2v) is 3.00. The van der Waals surface area contributed by atoms with Gasteiger partial charge < -0.3 is 10.4 Å². The van der Waals surface area contributed by atoms with Crippen LogP contribution in [0.15, 0.2) is 0 Å². The van der Waals surface area contributed by atoms with Crippen molar-refractivity contribution in [1.82, 2.24) is 0 Å². The zero-order valence-corrected chi connectivity index (χ0v) is 8.60. The first-order valence-electron chi connectivity index (χ1n) is 4.17. The lowest BCUT2D eigenvalue weighted by molar-refractivity contribution is -1.36. The van der Waals surface area contributed by atoms with Crippen LogP contribution in [0, 0.1) is 10.4 Å². The quantitative estimate of drug-likeness (QED) is 0.382. The van der Waals surface area contributed by atoms with Crippen molar-refractivity contribution < 1.29 is 30.4 Å². The largest absolute Gasteiger partial charge is 0.563 e. The van der Waals surface area contributed by atoms with Gasteiger partial charge in [0.1, 0.15) is 12.2 Å². The number of hydrogen-bond acceptors (Lipinski definition) is 6. The lowest BCUT2D eigenvalue weighted by Crippen LogP contribution is -3.13. The van der Waals surface area contributed by atoms with Gasteiger partial charge in [0.15, 0.2) is 0 Å². The summed E-state index contributed by atoms with van der Waals surface area (Å²) >= 11 is 0. The molecule has 0 aliphatic heterocycles. The molecule has 0 rings (SSSR count). The SMILES string of the molecule is CC(C)O[NH+]([O-])OO[NH+]([O-])OC(C)C. The van der Waals surface area contributed by atoms with Gasteiger partial charge in [-0.3, -0.25) is 0 Å². The first kappa shape index (κ1) is 13.7. The maximum absolute atomic E-state index is 10.7. The highest BCUT2D eigenvalue weighted by atomic mass is 17.5. The van der Waals surface area contributed by atoms with Crippen molar-refractivity contribution in [3.63, 3.8) is 0 Å². The lowest BCUT2D eigenvalue weighted by atomic mass is 10.5. The smallest absolute Gasteiger partial charge is 0.116 e. The number of hydrogen-bond donors (Lipinski definition) is 2. The van der Waals surface area contributed by atoms with Crippen LogP contribution in [0.1, 0.15) is 27.7 Å². The first-order chi connectivity index (χ1) is 6.41. The molecule has 0 saturated carbocycles. The normalized spacial score (nSPS) is 16.3. The molecule has 0 bridgehead atoms. The van der Waals surface area contributed by atoms with Crippen molar-refractivity contribution in [2.45, 2.75) is 39.9 Å². The van der Waals surface area contributed by atoms with Crippen LogP contribution in [0.5, 0.6) is 0 Å². The molecule has 0 aromatic rings. The van der Waals surface area contributed by atoms with Crippen molar-refractivity contribution in [3.05, 3.63) is 10.4 Å². The van der Waals surface area contributed by atoms with E-state index in [9.17, 15) is 10.4 Å². The molecule has 8 heteroatoms. The second kappa shape index (κ2) is 7.04. The third-order valence-electron chi connectivity index (χ3n) is 0.842. The van der Waals surface area contributed by atoms with Gasteiger partial charge in [-0.25, -0.2) is 0 Å². The highest BCUT2D eigenvalue weighted by Crippen LogP contribution is 1.78. The number of nitrogens with one attached hydrogen (secondary N) is 2. The molecule has 14 heavy (non-hydrogen) atoms. The summed E-state index contributed by atoms with van der Waals surface area (Å²) in [4.78, 5) is 17.0. The highest BCUT2D eigenvalue weighted by Gasteiger charge is 2.10. The van der Waals surface area contributed by atoms with Crippen molar-refractivity contribution >= 4 is 0 Å². The van der Waals surface area contributed by atoms with E-state index in [4.69, 9.17) is 0 Å². The summed E-state index contributed by atoms with van der Waals surface area (Å²) in [7, 11) is 0. The Kier molecular flexibility index (Phi) is 6.87. The molecule has 0 heterocycles. The summed E-state index contributed by atoms with van der Waals surface area (Å²) in [5, 5.41) is 19.2. The van der Waals surface area contributed by atoms with Crippen LogP contribution in [0.2, 0.25) is 0 Å². The molecule has 8 nitrogen and oxygen atoms in total. The maximum atomic E-state index is 10.7. The fourth-order valence-electron chi connectivity index (χ4n) is 0.492. The van der Waals surface area contributed by atoms with E-state index >= 15 is 0 Å². The molecule has 0 aromatic carbocycles. The van der Waals surface area contributed by atoms with Gasteiger partial charge >= 0.3 is 0 Å². The fraction of sp³-hybridized carbons (Fsp3) is 1.00. The predicted molar refractivity (Wildman–Crippen MR) is 43.3 cm³/mol. The minimum absolute atomic E-state index is 0.341. The summed E-state index contributed by atoms with van der Waals surface area (Å²) in [6.07, 6.45) is -0.681. The number of quaternary nitrogens is 2. The third kappa shape index (κ3) is 8.29. The van der Waals surface area contributed by atoms with E-state index in [2.05, 4.69) is 19.7 Å². The van der Waals surface area contributed by atoms with Gasteiger partial charge in [-0.05, 0) is 38.5 Å². The van der Waals surface area contributed by atoms with Crippen LogP contribution in [0.4, 0.5) is 0 Å². The molecule has 2 atom stereocenters. The molecule has 2 unspecified atom stereocenters. The molecule has 86 valence electrons. The Morgan fingerprint density at radius 3 is 1.29 bits per heavy atom. The van der Waals surface area contributed by atoms with E-state index in [0.717, 1.165) is 0 Å². The van der Waals surface area contributed by atoms with Crippen molar-refractivity contribution in [2.75, 3.05) is 0 Å². The average Bonchev–Trinajstić information content (AvgIpc) is 1.98. The van der Waals surface area contributed by atoms with E-state index in [1.807, 2.05) is 0 Å². The lowest BCUT2D eigenvalue weighted by Gasteiger charge is -2.20. The molecule has 0 aromatic heterocycles. The van der Waals surface area contributed by atoms with Gasteiger partial charge in [-0.2, -0.15) is 9.68 Å². The van der Waals surface area contributed by atoms with E-state index in [1.165, 1.54) is 0 Å². The Hall–Kier alpha value is -0.320. The third-order valence-corrected chi connectivity index (χ3v) is 0.842. The van der Waals surface area contributed by atoms with Crippen LogP contribution >= 0.6 is 0 Å². The Bertz CT molecular complexity index is 128. The molecule has 2 N–H and O–H groups in total. The predicted octanol–water partition coefficient (Wildman–Crippen LogP) is -1.79. The first-order valence-corrected chi connectivity index (χ1v) is 4.17. The van der Waals surface area contributed by atoms with Crippen LogP contribution in [0.25, 0.3) is 0 Å². The van der Waals surface area contributed by atoms with Crippen LogP contribution in [-0.2, 0) is 19.7 Å². The van der Waals surface area contributed by atoms with Crippen LogP contribution in [0.3, 0.4) is 0 Å². The highest BCUT2D eigenvalue weighted by molar-refractivity contribution is 4.25. The fourth-order valence-corrected chi connectivity index (χ4v) is 0.492. The summed E-state index contributed by atoms with van der Waals surface area (Å²) in [6, 6.07) is 0. The van der Waals surface area contributed by atoms with Gasteiger partial charge in [0, 0.05) is 0 Å². The topological polar surface area (TPSA) is 91.9 Å². The second-order valence-electron chi connectivity index (χ2n) is 3.00. The summed E-state index contributed by atoms with van der Waals surface area (Å²) in [6.45, 7) is 6.53. The van der Waals surface area contributed by atoms with E-state index in [-0.39, 0.29) is 12.2 Å². The molecule has 0 fully saturated rings. The molecule has 0 aliphatic rings. The minimum atomic E-state index is -1.08. The van der Waals surface area contributed by atoms with Crippen molar-refractivity contribution in [2.24, 2.45) is 0 Å². The van der Waals surface area contributed by atoms with Gasteiger partial charge in [-0.15, -0.1) is 0 Å². The van der Waals surface area contributed by atoms with Crippen molar-refractivity contribution in [3.8, 4) is 0 Å². The molecular weight excluding hydrogens is 196 g/mol. The van der Waals surface area contributed by atoms with Gasteiger partial charge in [-0.1, -0.05) is 0 Å². The summed E-state index contributed by atoms with van der Waals surface area (Å²) in [5.74, 6) is 0. The monoisotopic (exact) mass is 212 g/mol.